The Balaban J connectivity index is 2.59. The largest absolute Gasteiger partial charge is 0.380 e. The average molecular weight is 214 g/mol. The van der Waals surface area contributed by atoms with E-state index in [-0.39, 0.29) is 5.54 Å². The van der Waals surface area contributed by atoms with Crippen molar-refractivity contribution in [3.05, 3.63) is 36.0 Å². The minimum atomic E-state index is 0.0660. The molecule has 1 aromatic heterocycles. The number of aromatic nitrogens is 1. The van der Waals surface area contributed by atoms with Crippen molar-refractivity contribution in [3.8, 4) is 0 Å². The van der Waals surface area contributed by atoms with Crippen molar-refractivity contribution >= 4 is 16.6 Å². The molecule has 1 heterocycles. The number of nitrogens with one attached hydrogen (secondary N) is 1. The summed E-state index contributed by atoms with van der Waals surface area (Å²) in [7, 11) is 0. The van der Waals surface area contributed by atoms with Gasteiger partial charge in [0.15, 0.2) is 0 Å². The molecule has 84 valence electrons. The molecule has 0 radical (unpaired) electrons. The molecule has 0 aliphatic heterocycles. The van der Waals surface area contributed by atoms with Gasteiger partial charge in [-0.2, -0.15) is 0 Å². The van der Waals surface area contributed by atoms with E-state index in [0.717, 1.165) is 16.9 Å². The maximum atomic E-state index is 4.53. The minimum Gasteiger partial charge on any atom is -0.380 e. The van der Waals surface area contributed by atoms with E-state index in [2.05, 4.69) is 49.3 Å². The highest BCUT2D eigenvalue weighted by Crippen LogP contribution is 2.25. The summed E-state index contributed by atoms with van der Waals surface area (Å²) >= 11 is 0. The molecule has 1 N–H and O–H groups in total. The molecule has 2 nitrogen and oxygen atoms in total. The summed E-state index contributed by atoms with van der Waals surface area (Å²) in [6, 6.07) is 10.3. The molecule has 0 aliphatic rings. The second-order valence-corrected chi connectivity index (χ2v) is 5.20. The van der Waals surface area contributed by atoms with Crippen LogP contribution >= 0.6 is 0 Å². The number of pyridine rings is 1. The zero-order chi connectivity index (χ0) is 11.8. The standard InChI is InChI=1S/C14H18N2/c1-10-9-13(16-14(2,3)4)11-7-5-6-8-12(11)15-10/h5-9H,1-4H3,(H,15,16). The van der Waals surface area contributed by atoms with Gasteiger partial charge in [0.2, 0.25) is 0 Å². The first-order valence-corrected chi connectivity index (χ1v) is 5.60. The van der Waals surface area contributed by atoms with E-state index in [0.29, 0.717) is 0 Å². The van der Waals surface area contributed by atoms with E-state index in [9.17, 15) is 0 Å². The third-order valence-electron chi connectivity index (χ3n) is 2.35. The van der Waals surface area contributed by atoms with Crippen LogP contribution in [0.1, 0.15) is 26.5 Å². The quantitative estimate of drug-likeness (QED) is 0.782. The number of benzene rings is 1. The molecule has 0 aliphatic carbocycles. The van der Waals surface area contributed by atoms with Gasteiger partial charge < -0.3 is 5.32 Å². The van der Waals surface area contributed by atoms with Gasteiger partial charge in [-0.05, 0) is 39.8 Å². The van der Waals surface area contributed by atoms with Gasteiger partial charge in [-0.3, -0.25) is 4.98 Å². The van der Waals surface area contributed by atoms with Gasteiger partial charge in [0.25, 0.3) is 0 Å². The van der Waals surface area contributed by atoms with E-state index in [1.807, 2.05) is 19.1 Å². The van der Waals surface area contributed by atoms with Crippen molar-refractivity contribution in [3.63, 3.8) is 0 Å². The molecule has 16 heavy (non-hydrogen) atoms. The maximum Gasteiger partial charge on any atom is 0.0725 e. The van der Waals surface area contributed by atoms with Crippen LogP contribution in [-0.2, 0) is 0 Å². The Morgan fingerprint density at radius 1 is 1.12 bits per heavy atom. The highest BCUT2D eigenvalue weighted by molar-refractivity contribution is 5.91. The summed E-state index contributed by atoms with van der Waals surface area (Å²) in [6.07, 6.45) is 0. The monoisotopic (exact) mass is 214 g/mol. The van der Waals surface area contributed by atoms with Crippen LogP contribution in [0.2, 0.25) is 0 Å². The summed E-state index contributed by atoms with van der Waals surface area (Å²) in [5, 5.41) is 4.71. The Kier molecular flexibility index (Phi) is 2.58. The Morgan fingerprint density at radius 2 is 1.81 bits per heavy atom. The lowest BCUT2D eigenvalue weighted by Gasteiger charge is -2.23. The maximum absolute atomic E-state index is 4.53. The van der Waals surface area contributed by atoms with Crippen molar-refractivity contribution in [2.45, 2.75) is 33.2 Å². The topological polar surface area (TPSA) is 24.9 Å². The Hall–Kier alpha value is -1.57. The second kappa shape index (κ2) is 3.78. The van der Waals surface area contributed by atoms with Gasteiger partial charge in [-0.1, -0.05) is 18.2 Å². The first-order chi connectivity index (χ1) is 7.46. The van der Waals surface area contributed by atoms with Crippen LogP contribution < -0.4 is 5.32 Å². The van der Waals surface area contributed by atoms with Crippen molar-refractivity contribution in [1.82, 2.24) is 4.98 Å². The van der Waals surface area contributed by atoms with Crippen LogP contribution in [0, 0.1) is 6.92 Å². The summed E-state index contributed by atoms with van der Waals surface area (Å²) in [5.41, 5.74) is 3.33. The van der Waals surface area contributed by atoms with Gasteiger partial charge >= 0.3 is 0 Å². The van der Waals surface area contributed by atoms with Gasteiger partial charge in [0.1, 0.15) is 0 Å². The fourth-order valence-electron chi connectivity index (χ4n) is 1.82. The van der Waals surface area contributed by atoms with E-state index in [1.54, 1.807) is 0 Å². The van der Waals surface area contributed by atoms with E-state index in [4.69, 9.17) is 0 Å². The average Bonchev–Trinajstić information content (AvgIpc) is 2.14. The van der Waals surface area contributed by atoms with Gasteiger partial charge in [-0.25, -0.2) is 0 Å². The number of fused-ring (bicyclic) bond motifs is 1. The summed E-state index contributed by atoms with van der Waals surface area (Å²) < 4.78 is 0. The lowest BCUT2D eigenvalue weighted by Crippen LogP contribution is -2.26. The number of hydrogen-bond acceptors (Lipinski definition) is 2. The SMILES string of the molecule is Cc1cc(NC(C)(C)C)c2ccccc2n1. The highest BCUT2D eigenvalue weighted by atomic mass is 15.0. The number of para-hydroxylation sites is 1. The molecule has 0 unspecified atom stereocenters. The normalized spacial score (nSPS) is 11.8. The molecule has 2 rings (SSSR count). The van der Waals surface area contributed by atoms with Crippen LogP contribution in [0.4, 0.5) is 5.69 Å². The zero-order valence-electron chi connectivity index (χ0n) is 10.3. The zero-order valence-corrected chi connectivity index (χ0v) is 10.3. The number of rotatable bonds is 1. The van der Waals surface area contributed by atoms with Crippen LogP contribution in [0.15, 0.2) is 30.3 Å². The number of hydrogen-bond donors (Lipinski definition) is 1. The number of aryl methyl sites for hydroxylation is 1. The van der Waals surface area contributed by atoms with Crippen molar-refractivity contribution in [2.24, 2.45) is 0 Å². The first-order valence-electron chi connectivity index (χ1n) is 5.60. The fraction of sp³-hybridized carbons (Fsp3) is 0.357. The third kappa shape index (κ3) is 2.32. The Morgan fingerprint density at radius 3 is 2.50 bits per heavy atom. The molecule has 2 aromatic rings. The van der Waals surface area contributed by atoms with Crippen LogP contribution in [0.5, 0.6) is 0 Å². The van der Waals surface area contributed by atoms with Crippen molar-refractivity contribution < 1.29 is 0 Å². The Bertz CT molecular complexity index is 510. The molecular formula is C14H18N2. The summed E-state index contributed by atoms with van der Waals surface area (Å²) in [5.74, 6) is 0. The molecule has 0 amide bonds. The molecule has 0 spiro atoms. The lowest BCUT2D eigenvalue weighted by atomic mass is 10.1. The molecule has 0 fully saturated rings. The molecule has 0 saturated carbocycles. The fourth-order valence-corrected chi connectivity index (χ4v) is 1.82. The number of anilines is 1. The summed E-state index contributed by atoms with van der Waals surface area (Å²) in [4.78, 5) is 4.53. The lowest BCUT2D eigenvalue weighted by molar-refractivity contribution is 0.635. The highest BCUT2D eigenvalue weighted by Gasteiger charge is 2.12. The molecular weight excluding hydrogens is 196 g/mol. The molecule has 1 aromatic carbocycles. The number of nitrogens with zero attached hydrogens (tertiary/aromatic N) is 1. The van der Waals surface area contributed by atoms with E-state index >= 15 is 0 Å². The van der Waals surface area contributed by atoms with E-state index in [1.165, 1.54) is 5.39 Å². The van der Waals surface area contributed by atoms with Crippen LogP contribution in [0.3, 0.4) is 0 Å². The van der Waals surface area contributed by atoms with Crippen molar-refractivity contribution in [2.75, 3.05) is 5.32 Å². The minimum absolute atomic E-state index is 0.0660. The van der Waals surface area contributed by atoms with Crippen LogP contribution in [0.25, 0.3) is 10.9 Å². The van der Waals surface area contributed by atoms with Gasteiger partial charge in [0.05, 0.1) is 5.52 Å². The molecule has 0 atom stereocenters. The molecule has 0 bridgehead atoms. The van der Waals surface area contributed by atoms with E-state index < -0.39 is 0 Å². The first kappa shape index (κ1) is 10.9. The van der Waals surface area contributed by atoms with Crippen molar-refractivity contribution in [1.29, 1.82) is 0 Å². The summed E-state index contributed by atoms with van der Waals surface area (Å²) in [6.45, 7) is 8.52. The predicted octanol–water partition coefficient (Wildman–Crippen LogP) is 3.75. The second-order valence-electron chi connectivity index (χ2n) is 5.20. The Labute approximate surface area is 96.7 Å². The smallest absolute Gasteiger partial charge is 0.0725 e. The molecule has 2 heteroatoms. The van der Waals surface area contributed by atoms with Gasteiger partial charge in [0, 0.05) is 22.3 Å². The molecule has 0 saturated heterocycles. The predicted molar refractivity (Wildman–Crippen MR) is 69.9 cm³/mol. The van der Waals surface area contributed by atoms with Crippen LogP contribution in [-0.4, -0.2) is 10.5 Å². The third-order valence-corrected chi connectivity index (χ3v) is 2.35. The van der Waals surface area contributed by atoms with Gasteiger partial charge in [-0.15, -0.1) is 0 Å².